The molecule has 5 unspecified atom stereocenters. The molecule has 24 heavy (non-hydrogen) atoms. The summed E-state index contributed by atoms with van der Waals surface area (Å²) >= 11 is 0. The summed E-state index contributed by atoms with van der Waals surface area (Å²) in [5.41, 5.74) is -0.929. The molecule has 0 aromatic heterocycles. The highest BCUT2D eigenvalue weighted by molar-refractivity contribution is 7.86. The van der Waals surface area contributed by atoms with Gasteiger partial charge in [0.2, 0.25) is 0 Å². The fourth-order valence-electron chi connectivity index (χ4n) is 4.04. The molecule has 2 aliphatic carbocycles. The molecule has 10 heteroatoms. The Bertz CT molecular complexity index is 599. The number of hydrogen-bond donors (Lipinski definition) is 3. The van der Waals surface area contributed by atoms with Crippen LogP contribution in [-0.2, 0) is 19.6 Å². The van der Waals surface area contributed by atoms with E-state index in [1.54, 1.807) is 13.8 Å². The largest absolute Gasteiger partial charge is 0.430 e. The number of esters is 1. The van der Waals surface area contributed by atoms with Crippen molar-refractivity contribution in [1.82, 2.24) is 0 Å². The van der Waals surface area contributed by atoms with Gasteiger partial charge in [-0.05, 0) is 57.3 Å². The summed E-state index contributed by atoms with van der Waals surface area (Å²) in [5.74, 6) is -1.78. The number of carbonyl (C=O) groups excluding carboxylic acids is 1. The zero-order chi connectivity index (χ0) is 18.5. The summed E-state index contributed by atoms with van der Waals surface area (Å²) in [6.07, 6.45) is -0.891. The van der Waals surface area contributed by atoms with Gasteiger partial charge in [0.05, 0.1) is 11.5 Å². The average molecular weight is 372 g/mol. The van der Waals surface area contributed by atoms with Crippen molar-refractivity contribution >= 4 is 16.1 Å². The van der Waals surface area contributed by atoms with Gasteiger partial charge in [-0.2, -0.15) is 17.2 Å². The van der Waals surface area contributed by atoms with E-state index in [-0.39, 0.29) is 17.8 Å². The van der Waals surface area contributed by atoms with Crippen molar-refractivity contribution in [3.8, 4) is 0 Å². The molecule has 140 valence electrons. The number of alkyl halides is 2. The second-order valence-corrected chi connectivity index (χ2v) is 8.94. The van der Waals surface area contributed by atoms with Crippen molar-refractivity contribution in [3.63, 3.8) is 0 Å². The molecule has 5 atom stereocenters. The Hall–Kier alpha value is -0.840. The van der Waals surface area contributed by atoms with Crippen LogP contribution in [0.15, 0.2) is 0 Å². The molecule has 0 radical (unpaired) electrons. The number of fused-ring (bicyclic) bond motifs is 2. The van der Waals surface area contributed by atoms with Crippen LogP contribution >= 0.6 is 0 Å². The monoisotopic (exact) mass is 372 g/mol. The normalized spacial score (nSPS) is 32.0. The molecule has 0 aliphatic heterocycles. The second-order valence-electron chi connectivity index (χ2n) is 7.45. The topological polar surface area (TPSA) is 121 Å². The molecule has 0 saturated heterocycles. The molecule has 2 bridgehead atoms. The zero-order valence-electron chi connectivity index (χ0n) is 13.4. The number of carbonyl (C=O) groups is 1. The van der Waals surface area contributed by atoms with E-state index < -0.39 is 39.2 Å². The number of hydrogen-bond acceptors (Lipinski definition) is 6. The predicted octanol–water partition coefficient (Wildman–Crippen LogP) is 1.15. The first-order valence-corrected chi connectivity index (χ1v) is 9.12. The maximum absolute atomic E-state index is 13.3. The van der Waals surface area contributed by atoms with Crippen LogP contribution in [0.2, 0.25) is 0 Å². The van der Waals surface area contributed by atoms with E-state index in [4.69, 9.17) is 4.55 Å². The lowest BCUT2D eigenvalue weighted by Crippen LogP contribution is -2.45. The van der Waals surface area contributed by atoms with E-state index in [1.807, 2.05) is 0 Å². The minimum atomic E-state index is -5.91. The Morgan fingerprint density at radius 2 is 1.88 bits per heavy atom. The molecule has 0 heterocycles. The number of aliphatic hydroxyl groups excluding tert-OH is 1. The fraction of sp³-hybridized carbons (Fsp3) is 0.929. The van der Waals surface area contributed by atoms with Crippen molar-refractivity contribution < 1.29 is 41.5 Å². The Kier molecular flexibility index (Phi) is 4.99. The first-order valence-electron chi connectivity index (χ1n) is 7.68. The Balaban J connectivity index is 2.03. The maximum atomic E-state index is 13.3. The molecule has 0 aromatic rings. The summed E-state index contributed by atoms with van der Waals surface area (Å²) in [7, 11) is -5.91. The van der Waals surface area contributed by atoms with Crippen LogP contribution in [0.5, 0.6) is 0 Å². The van der Waals surface area contributed by atoms with Crippen molar-refractivity contribution in [2.45, 2.75) is 56.7 Å². The van der Waals surface area contributed by atoms with Crippen LogP contribution in [0.3, 0.4) is 0 Å². The highest BCUT2D eigenvalue weighted by Gasteiger charge is 2.56. The molecule has 0 spiro atoms. The van der Waals surface area contributed by atoms with Crippen molar-refractivity contribution in [3.05, 3.63) is 0 Å². The molecular formula is C14H22F2O7S. The van der Waals surface area contributed by atoms with E-state index in [2.05, 4.69) is 4.74 Å². The molecule has 0 aromatic carbocycles. The van der Waals surface area contributed by atoms with Gasteiger partial charge in [0.1, 0.15) is 0 Å². The molecule has 3 N–H and O–H groups in total. The Labute approximate surface area is 138 Å². The van der Waals surface area contributed by atoms with Crippen molar-refractivity contribution in [2.24, 2.45) is 23.7 Å². The van der Waals surface area contributed by atoms with Crippen molar-refractivity contribution in [2.75, 3.05) is 0 Å². The Morgan fingerprint density at radius 1 is 1.29 bits per heavy atom. The molecule has 0 amide bonds. The van der Waals surface area contributed by atoms with Gasteiger partial charge in [0, 0.05) is 0 Å². The van der Waals surface area contributed by atoms with E-state index in [9.17, 15) is 32.2 Å². The minimum absolute atomic E-state index is 0.0283. The van der Waals surface area contributed by atoms with Crippen LogP contribution in [-0.4, -0.2) is 46.3 Å². The fourth-order valence-corrected chi connectivity index (χ4v) is 4.34. The summed E-state index contributed by atoms with van der Waals surface area (Å²) in [4.78, 5) is 12.1. The van der Waals surface area contributed by atoms with Gasteiger partial charge >= 0.3 is 21.3 Å². The highest BCUT2D eigenvalue weighted by Crippen LogP contribution is 2.54. The summed E-state index contributed by atoms with van der Waals surface area (Å²) in [5, 5.41) is 14.1. The van der Waals surface area contributed by atoms with Crippen LogP contribution in [0.4, 0.5) is 8.78 Å². The first-order chi connectivity index (χ1) is 10.7. The van der Waals surface area contributed by atoms with Gasteiger partial charge in [-0.15, -0.1) is 0 Å². The van der Waals surface area contributed by atoms with Gasteiger partial charge in [0.15, 0.2) is 0 Å². The zero-order valence-corrected chi connectivity index (χ0v) is 14.2. The van der Waals surface area contributed by atoms with Gasteiger partial charge in [-0.25, -0.2) is 0 Å². The average Bonchev–Trinajstić information content (AvgIpc) is 2.94. The maximum Gasteiger partial charge on any atom is 0.430 e. The van der Waals surface area contributed by atoms with Gasteiger partial charge in [-0.3, -0.25) is 9.35 Å². The lowest BCUT2D eigenvalue weighted by Gasteiger charge is -2.32. The number of ether oxygens (including phenoxy) is 1. The molecular weight excluding hydrogens is 350 g/mol. The van der Waals surface area contributed by atoms with E-state index in [1.165, 1.54) is 0 Å². The minimum Gasteiger partial charge on any atom is -0.428 e. The summed E-state index contributed by atoms with van der Waals surface area (Å²) < 4.78 is 60.3. The second kappa shape index (κ2) is 6.15. The first kappa shape index (κ1) is 19.5. The van der Waals surface area contributed by atoms with Crippen molar-refractivity contribution in [1.29, 1.82) is 0 Å². The summed E-state index contributed by atoms with van der Waals surface area (Å²) in [6.45, 7) is 3.28. The molecule has 2 saturated carbocycles. The SMILES string of the molecule is CC(C)(O)CC1CC2CC(C(=O)OC(O)C(F)(F)S(=O)(=O)O)C1C2. The third kappa shape index (κ3) is 3.87. The lowest BCUT2D eigenvalue weighted by atomic mass is 9.76. The van der Waals surface area contributed by atoms with E-state index >= 15 is 0 Å². The third-order valence-electron chi connectivity index (χ3n) is 4.87. The molecule has 2 fully saturated rings. The lowest BCUT2D eigenvalue weighted by molar-refractivity contribution is -0.210. The van der Waals surface area contributed by atoms with Gasteiger partial charge < -0.3 is 14.9 Å². The van der Waals surface area contributed by atoms with Crippen LogP contribution in [0.1, 0.15) is 39.5 Å². The Morgan fingerprint density at radius 3 is 2.33 bits per heavy atom. The van der Waals surface area contributed by atoms with Gasteiger partial charge in [-0.1, -0.05) is 0 Å². The molecule has 7 nitrogen and oxygen atoms in total. The number of rotatable bonds is 6. The van der Waals surface area contributed by atoms with Crippen LogP contribution < -0.4 is 0 Å². The van der Waals surface area contributed by atoms with Crippen LogP contribution in [0, 0.1) is 23.7 Å². The molecule has 2 aliphatic rings. The number of halogens is 2. The highest BCUT2D eigenvalue weighted by atomic mass is 32.2. The van der Waals surface area contributed by atoms with E-state index in [0.29, 0.717) is 19.3 Å². The van der Waals surface area contributed by atoms with Gasteiger partial charge in [0.25, 0.3) is 6.29 Å². The van der Waals surface area contributed by atoms with Crippen LogP contribution in [0.25, 0.3) is 0 Å². The standard InChI is InChI=1S/C14H22F2O7S/c1-13(2,19)6-8-3-7-4-9(8)10(5-7)11(17)23-12(18)14(15,16)24(20,21)22/h7-10,12,18-19H,3-6H2,1-2H3,(H,20,21,22). The molecule has 2 rings (SSSR count). The quantitative estimate of drug-likeness (QED) is 0.363. The number of aliphatic hydroxyl groups is 2. The van der Waals surface area contributed by atoms with E-state index in [0.717, 1.165) is 6.42 Å². The third-order valence-corrected chi connectivity index (χ3v) is 5.76. The predicted molar refractivity (Wildman–Crippen MR) is 77.3 cm³/mol. The summed E-state index contributed by atoms with van der Waals surface area (Å²) in [6, 6.07) is 0. The smallest absolute Gasteiger partial charge is 0.428 e.